The van der Waals surface area contributed by atoms with Gasteiger partial charge in [-0.25, -0.2) is 4.79 Å². The molecule has 31 heavy (non-hydrogen) atoms. The van der Waals surface area contributed by atoms with E-state index in [0.717, 1.165) is 11.3 Å². The molecule has 1 N–H and O–H groups in total. The molecule has 3 amide bonds. The van der Waals surface area contributed by atoms with Crippen LogP contribution in [0.5, 0.6) is 17.2 Å². The van der Waals surface area contributed by atoms with Gasteiger partial charge in [0, 0.05) is 12.0 Å². The summed E-state index contributed by atoms with van der Waals surface area (Å²) in [4.78, 5) is 39.4. The number of benzene rings is 2. The predicted octanol–water partition coefficient (Wildman–Crippen LogP) is 2.90. The van der Waals surface area contributed by atoms with Crippen LogP contribution < -0.4 is 19.5 Å². The van der Waals surface area contributed by atoms with Crippen LogP contribution in [0.15, 0.2) is 42.5 Å². The average Bonchev–Trinajstić information content (AvgIpc) is 2.93. The van der Waals surface area contributed by atoms with E-state index in [9.17, 15) is 14.4 Å². The Morgan fingerprint density at radius 3 is 2.52 bits per heavy atom. The first-order chi connectivity index (χ1) is 14.9. The third-order valence-electron chi connectivity index (χ3n) is 5.39. The number of imide groups is 1. The Morgan fingerprint density at radius 1 is 1.10 bits per heavy atom. The minimum atomic E-state index is -1.30. The summed E-state index contributed by atoms with van der Waals surface area (Å²) < 4.78 is 16.7. The number of hydrogen-bond donors (Lipinski definition) is 1. The number of rotatable bonds is 6. The number of nitrogens with one attached hydrogen (secondary N) is 1. The molecule has 162 valence electrons. The Bertz CT molecular complexity index is 1020. The first-order valence-corrected chi connectivity index (χ1v) is 10.2. The van der Waals surface area contributed by atoms with Crippen molar-refractivity contribution in [2.24, 2.45) is 0 Å². The molecular weight excluding hydrogens is 400 g/mol. The molecule has 0 bridgehead atoms. The van der Waals surface area contributed by atoms with E-state index in [1.165, 1.54) is 0 Å². The number of carbonyl (C=O) groups is 3. The average molecular weight is 424 g/mol. The van der Waals surface area contributed by atoms with Gasteiger partial charge in [0.1, 0.15) is 11.3 Å². The predicted molar refractivity (Wildman–Crippen MR) is 112 cm³/mol. The maximum Gasteiger partial charge on any atom is 0.325 e. The van der Waals surface area contributed by atoms with Gasteiger partial charge in [0.15, 0.2) is 17.3 Å². The number of fused-ring (bicyclic) bond motifs is 1. The number of ketones is 1. The summed E-state index contributed by atoms with van der Waals surface area (Å²) in [6, 6.07) is 11.2. The molecule has 1 saturated heterocycles. The van der Waals surface area contributed by atoms with E-state index in [4.69, 9.17) is 14.2 Å². The summed E-state index contributed by atoms with van der Waals surface area (Å²) in [7, 11) is 0. The van der Waals surface area contributed by atoms with E-state index >= 15 is 0 Å². The van der Waals surface area contributed by atoms with E-state index in [-0.39, 0.29) is 12.3 Å². The number of nitrogens with zero attached hydrogens (tertiary/aromatic N) is 1. The number of carbonyl (C=O) groups excluding carboxylic acids is 3. The maximum atomic E-state index is 13.2. The Hall–Kier alpha value is -3.55. The number of urea groups is 1. The molecule has 2 aliphatic rings. The third-order valence-corrected chi connectivity index (χ3v) is 5.39. The quantitative estimate of drug-likeness (QED) is 0.566. The van der Waals surface area contributed by atoms with E-state index in [1.807, 2.05) is 6.92 Å². The number of ether oxygens (including phenoxy) is 3. The summed E-state index contributed by atoms with van der Waals surface area (Å²) in [5.41, 5.74) is -0.347. The van der Waals surface area contributed by atoms with Gasteiger partial charge in [-0.05, 0) is 55.8 Å². The van der Waals surface area contributed by atoms with E-state index in [1.54, 1.807) is 49.4 Å². The van der Waals surface area contributed by atoms with Gasteiger partial charge in [-0.15, -0.1) is 0 Å². The SMILES string of the molecule is CCOc1ccc(C(=O)CN2C(=O)NC(C)(c3ccc4c(c3)OCCCO4)C2=O)cc1. The number of hydrogen-bond acceptors (Lipinski definition) is 6. The van der Waals surface area contributed by atoms with E-state index < -0.39 is 17.5 Å². The van der Waals surface area contributed by atoms with Crippen molar-refractivity contribution in [3.8, 4) is 17.2 Å². The zero-order chi connectivity index (χ0) is 22.0. The van der Waals surface area contributed by atoms with Gasteiger partial charge in [0.25, 0.3) is 5.91 Å². The summed E-state index contributed by atoms with van der Waals surface area (Å²) in [6.07, 6.45) is 0.762. The lowest BCUT2D eigenvalue weighted by molar-refractivity contribution is -0.130. The molecule has 0 aliphatic carbocycles. The molecule has 0 saturated carbocycles. The van der Waals surface area contributed by atoms with Crippen molar-refractivity contribution in [1.29, 1.82) is 0 Å². The first-order valence-electron chi connectivity index (χ1n) is 10.2. The van der Waals surface area contributed by atoms with E-state index in [0.29, 0.717) is 48.2 Å². The zero-order valence-electron chi connectivity index (χ0n) is 17.5. The third kappa shape index (κ3) is 3.93. The van der Waals surface area contributed by atoms with Crippen molar-refractivity contribution in [3.63, 3.8) is 0 Å². The molecular formula is C23H24N2O6. The van der Waals surface area contributed by atoms with Crippen molar-refractivity contribution < 1.29 is 28.6 Å². The lowest BCUT2D eigenvalue weighted by Crippen LogP contribution is -2.41. The molecule has 0 spiro atoms. The van der Waals surface area contributed by atoms with Gasteiger partial charge in [-0.1, -0.05) is 6.07 Å². The van der Waals surface area contributed by atoms with Crippen LogP contribution >= 0.6 is 0 Å². The second-order valence-electron chi connectivity index (χ2n) is 7.54. The zero-order valence-corrected chi connectivity index (χ0v) is 17.5. The molecule has 8 heteroatoms. The summed E-state index contributed by atoms with van der Waals surface area (Å²) in [5, 5.41) is 2.72. The van der Waals surface area contributed by atoms with Crippen molar-refractivity contribution in [1.82, 2.24) is 10.2 Å². The fourth-order valence-corrected chi connectivity index (χ4v) is 3.65. The lowest BCUT2D eigenvalue weighted by Gasteiger charge is -2.23. The highest BCUT2D eigenvalue weighted by Gasteiger charge is 2.49. The Labute approximate surface area is 180 Å². The summed E-state index contributed by atoms with van der Waals surface area (Å²) in [6.45, 7) is 4.73. The molecule has 2 aromatic rings. The molecule has 1 unspecified atom stereocenters. The molecule has 0 aromatic heterocycles. The smallest absolute Gasteiger partial charge is 0.325 e. The Balaban J connectivity index is 1.53. The van der Waals surface area contributed by atoms with Crippen LogP contribution in [0.4, 0.5) is 4.79 Å². The summed E-state index contributed by atoms with van der Waals surface area (Å²) in [5.74, 6) is 0.947. The second kappa shape index (κ2) is 8.29. The van der Waals surface area contributed by atoms with Crippen molar-refractivity contribution in [2.45, 2.75) is 25.8 Å². The summed E-state index contributed by atoms with van der Waals surface area (Å²) >= 11 is 0. The fourth-order valence-electron chi connectivity index (χ4n) is 3.65. The molecule has 1 fully saturated rings. The molecule has 0 radical (unpaired) electrons. The van der Waals surface area contributed by atoms with Crippen molar-refractivity contribution in [2.75, 3.05) is 26.4 Å². The van der Waals surface area contributed by atoms with Crippen LogP contribution in [0.3, 0.4) is 0 Å². The standard InChI is InChI=1S/C23H24N2O6/c1-3-29-17-8-5-15(6-9-17)18(26)14-25-21(27)23(2,24-22(25)28)16-7-10-19-20(13-16)31-12-4-11-30-19/h5-10,13H,3-4,11-12,14H2,1-2H3,(H,24,28). The molecule has 8 nitrogen and oxygen atoms in total. The highest BCUT2D eigenvalue weighted by molar-refractivity contribution is 6.11. The van der Waals surface area contributed by atoms with Gasteiger partial charge in [-0.3, -0.25) is 14.5 Å². The largest absolute Gasteiger partial charge is 0.494 e. The molecule has 1 atom stereocenters. The van der Waals surface area contributed by atoms with Crippen molar-refractivity contribution >= 4 is 17.7 Å². The Kier molecular flexibility index (Phi) is 5.54. The van der Waals surface area contributed by atoms with Crippen LogP contribution in [0.1, 0.15) is 36.2 Å². The molecule has 2 heterocycles. The van der Waals surface area contributed by atoms with Crippen LogP contribution in [-0.4, -0.2) is 49.0 Å². The molecule has 2 aromatic carbocycles. The van der Waals surface area contributed by atoms with Crippen molar-refractivity contribution in [3.05, 3.63) is 53.6 Å². The first kappa shape index (κ1) is 20.7. The van der Waals surface area contributed by atoms with Crippen LogP contribution in [0.25, 0.3) is 0 Å². The topological polar surface area (TPSA) is 94.2 Å². The van der Waals surface area contributed by atoms with E-state index in [2.05, 4.69) is 5.32 Å². The van der Waals surface area contributed by atoms with Crippen LogP contribution in [0.2, 0.25) is 0 Å². The van der Waals surface area contributed by atoms with Crippen LogP contribution in [0, 0.1) is 0 Å². The van der Waals surface area contributed by atoms with Gasteiger partial charge in [-0.2, -0.15) is 0 Å². The minimum Gasteiger partial charge on any atom is -0.494 e. The highest BCUT2D eigenvalue weighted by atomic mass is 16.5. The maximum absolute atomic E-state index is 13.2. The molecule has 4 rings (SSSR count). The Morgan fingerprint density at radius 2 is 1.81 bits per heavy atom. The monoisotopic (exact) mass is 424 g/mol. The van der Waals surface area contributed by atoms with Gasteiger partial charge >= 0.3 is 6.03 Å². The van der Waals surface area contributed by atoms with Crippen LogP contribution in [-0.2, 0) is 10.3 Å². The lowest BCUT2D eigenvalue weighted by atomic mass is 9.91. The number of amides is 3. The minimum absolute atomic E-state index is 0.338. The fraction of sp³-hybridized carbons (Fsp3) is 0.348. The number of Topliss-reactive ketones (excluding diaryl/α,β-unsaturated/α-hetero) is 1. The highest BCUT2D eigenvalue weighted by Crippen LogP contribution is 2.36. The van der Waals surface area contributed by atoms with Gasteiger partial charge in [0.05, 0.1) is 26.4 Å². The molecule has 2 aliphatic heterocycles. The van der Waals surface area contributed by atoms with Gasteiger partial charge < -0.3 is 19.5 Å². The second-order valence-corrected chi connectivity index (χ2v) is 7.54. The van der Waals surface area contributed by atoms with Gasteiger partial charge in [0.2, 0.25) is 0 Å². The normalized spacial score (nSPS) is 20.3.